The number of hydrogen-bond donors (Lipinski definition) is 0. The topological polar surface area (TPSA) is 72.9 Å². The Morgan fingerprint density at radius 2 is 1.75 bits per heavy atom. The lowest BCUT2D eigenvalue weighted by molar-refractivity contribution is -0.151. The quantitative estimate of drug-likeness (QED) is 0.556. The van der Waals surface area contributed by atoms with Gasteiger partial charge < -0.3 is 9.47 Å². The van der Waals surface area contributed by atoms with E-state index in [0.717, 1.165) is 22.0 Å². The lowest BCUT2D eigenvalue weighted by Crippen LogP contribution is -2.40. The van der Waals surface area contributed by atoms with Crippen molar-refractivity contribution in [3.63, 3.8) is 0 Å². The SMILES string of the molecule is COc1ccc(COC(=O)C2CCN(S(=O)(=O)c3ccc(Cl)c(C(F)(F)F)c3)CC2)cc1. The fourth-order valence-electron chi connectivity index (χ4n) is 3.36. The highest BCUT2D eigenvalue weighted by Gasteiger charge is 2.37. The number of carbonyl (C=O) groups excluding carboxylic acids is 1. The molecule has 0 amide bonds. The van der Waals surface area contributed by atoms with Crippen LogP contribution in [0.3, 0.4) is 0 Å². The van der Waals surface area contributed by atoms with Crippen LogP contribution in [-0.2, 0) is 32.3 Å². The second kappa shape index (κ2) is 9.68. The number of ether oxygens (including phenoxy) is 2. The molecule has 0 aliphatic carbocycles. The summed E-state index contributed by atoms with van der Waals surface area (Å²) in [7, 11) is -2.62. The Morgan fingerprint density at radius 1 is 1.12 bits per heavy atom. The van der Waals surface area contributed by atoms with Crippen molar-refractivity contribution in [2.75, 3.05) is 20.2 Å². The average molecular weight is 492 g/mol. The molecule has 11 heteroatoms. The van der Waals surface area contributed by atoms with Crippen LogP contribution < -0.4 is 4.74 Å². The van der Waals surface area contributed by atoms with Crippen molar-refractivity contribution in [3.8, 4) is 5.75 Å². The van der Waals surface area contributed by atoms with Gasteiger partial charge in [0.15, 0.2) is 0 Å². The second-order valence-corrected chi connectivity index (χ2v) is 9.62. The summed E-state index contributed by atoms with van der Waals surface area (Å²) < 4.78 is 76.3. The van der Waals surface area contributed by atoms with Crippen LogP contribution in [0.4, 0.5) is 13.2 Å². The molecular formula is C21H21ClF3NO5S. The minimum Gasteiger partial charge on any atom is -0.497 e. The lowest BCUT2D eigenvalue weighted by atomic mass is 9.98. The number of nitrogens with zero attached hydrogens (tertiary/aromatic N) is 1. The minimum absolute atomic E-state index is 0.00534. The minimum atomic E-state index is -4.77. The van der Waals surface area contributed by atoms with Crippen molar-refractivity contribution in [2.45, 2.75) is 30.5 Å². The van der Waals surface area contributed by atoms with E-state index < -0.39 is 43.6 Å². The summed E-state index contributed by atoms with van der Waals surface area (Å²) in [6.45, 7) is 0.0650. The molecule has 0 atom stereocenters. The molecule has 0 saturated carbocycles. The Kier molecular flexibility index (Phi) is 7.36. The van der Waals surface area contributed by atoms with Gasteiger partial charge in [0.1, 0.15) is 12.4 Å². The number of alkyl halides is 3. The fourth-order valence-corrected chi connectivity index (χ4v) is 5.08. The number of benzene rings is 2. The maximum absolute atomic E-state index is 13.1. The normalized spacial score (nSPS) is 16.0. The van der Waals surface area contributed by atoms with E-state index in [1.165, 1.54) is 0 Å². The summed E-state index contributed by atoms with van der Waals surface area (Å²) >= 11 is 5.57. The van der Waals surface area contributed by atoms with Crippen LogP contribution in [0.2, 0.25) is 5.02 Å². The smallest absolute Gasteiger partial charge is 0.417 e. The highest BCUT2D eigenvalue weighted by molar-refractivity contribution is 7.89. The van der Waals surface area contributed by atoms with Gasteiger partial charge in [-0.1, -0.05) is 23.7 Å². The van der Waals surface area contributed by atoms with E-state index in [0.29, 0.717) is 11.8 Å². The van der Waals surface area contributed by atoms with E-state index >= 15 is 0 Å². The van der Waals surface area contributed by atoms with Gasteiger partial charge in [0, 0.05) is 13.1 Å². The van der Waals surface area contributed by atoms with Crippen LogP contribution in [-0.4, -0.2) is 38.9 Å². The van der Waals surface area contributed by atoms with E-state index in [9.17, 15) is 26.4 Å². The van der Waals surface area contributed by atoms with Crippen LogP contribution in [0.1, 0.15) is 24.0 Å². The number of carbonyl (C=O) groups is 1. The zero-order chi connectivity index (χ0) is 23.5. The molecule has 0 bridgehead atoms. The molecule has 1 saturated heterocycles. The monoisotopic (exact) mass is 491 g/mol. The highest BCUT2D eigenvalue weighted by Crippen LogP contribution is 2.37. The van der Waals surface area contributed by atoms with E-state index in [2.05, 4.69) is 0 Å². The molecule has 0 aromatic heterocycles. The van der Waals surface area contributed by atoms with E-state index in [1.54, 1.807) is 31.4 Å². The van der Waals surface area contributed by atoms with Crippen LogP contribution >= 0.6 is 11.6 Å². The Balaban J connectivity index is 1.60. The van der Waals surface area contributed by atoms with Gasteiger partial charge in [0.05, 0.1) is 28.5 Å². The predicted molar refractivity (Wildman–Crippen MR) is 111 cm³/mol. The van der Waals surface area contributed by atoms with E-state index in [-0.39, 0.29) is 32.5 Å². The third kappa shape index (κ3) is 5.54. The zero-order valence-electron chi connectivity index (χ0n) is 17.1. The summed E-state index contributed by atoms with van der Waals surface area (Å²) in [5.41, 5.74) is -0.431. The van der Waals surface area contributed by atoms with Gasteiger partial charge >= 0.3 is 12.1 Å². The number of hydrogen-bond acceptors (Lipinski definition) is 5. The number of methoxy groups -OCH3 is 1. The van der Waals surface area contributed by atoms with Crippen LogP contribution in [0.15, 0.2) is 47.4 Å². The molecule has 0 N–H and O–H groups in total. The number of piperidine rings is 1. The van der Waals surface area contributed by atoms with Gasteiger partial charge in [-0.15, -0.1) is 0 Å². The summed E-state index contributed by atoms with van der Waals surface area (Å²) in [5, 5.41) is -0.574. The summed E-state index contributed by atoms with van der Waals surface area (Å²) in [6, 6.07) is 9.52. The van der Waals surface area contributed by atoms with E-state index in [1.807, 2.05) is 0 Å². The lowest BCUT2D eigenvalue weighted by Gasteiger charge is -2.30. The molecule has 6 nitrogen and oxygen atoms in total. The third-order valence-corrected chi connectivity index (χ3v) is 7.43. The molecule has 0 spiro atoms. The standard InChI is InChI=1S/C21H21ClF3NO5S/c1-30-16-4-2-14(3-5-16)13-31-20(27)15-8-10-26(11-9-15)32(28,29)17-6-7-19(22)18(12-17)21(23,24)25/h2-7,12,15H,8-11,13H2,1H3. The van der Waals surface area contributed by atoms with Crippen LogP contribution in [0, 0.1) is 5.92 Å². The molecule has 1 fully saturated rings. The van der Waals surface area contributed by atoms with Crippen molar-refractivity contribution < 1.29 is 35.9 Å². The maximum atomic E-state index is 13.1. The Bertz CT molecular complexity index is 1070. The molecule has 174 valence electrons. The molecule has 1 aliphatic heterocycles. The molecule has 2 aromatic carbocycles. The van der Waals surface area contributed by atoms with Gasteiger partial charge in [0.25, 0.3) is 0 Å². The molecule has 0 unspecified atom stereocenters. The maximum Gasteiger partial charge on any atom is 0.417 e. The predicted octanol–water partition coefficient (Wildman–Crippen LogP) is 4.51. The van der Waals surface area contributed by atoms with Crippen molar-refractivity contribution in [1.29, 1.82) is 0 Å². The first kappa shape index (κ1) is 24.3. The molecule has 32 heavy (non-hydrogen) atoms. The van der Waals surface area contributed by atoms with Gasteiger partial charge in [-0.3, -0.25) is 4.79 Å². The summed E-state index contributed by atoms with van der Waals surface area (Å²) in [4.78, 5) is 11.9. The largest absolute Gasteiger partial charge is 0.497 e. The number of halogens is 4. The second-order valence-electron chi connectivity index (χ2n) is 7.27. The van der Waals surface area contributed by atoms with Crippen LogP contribution in [0.5, 0.6) is 5.75 Å². The highest BCUT2D eigenvalue weighted by atomic mass is 35.5. The summed E-state index contributed by atoms with van der Waals surface area (Å²) in [5.74, 6) is -0.254. The molecular weight excluding hydrogens is 471 g/mol. The molecule has 2 aromatic rings. The molecule has 1 aliphatic rings. The van der Waals surface area contributed by atoms with Crippen molar-refractivity contribution in [3.05, 3.63) is 58.6 Å². The molecule has 0 radical (unpaired) electrons. The first-order valence-electron chi connectivity index (χ1n) is 9.69. The fraction of sp³-hybridized carbons (Fsp3) is 0.381. The Morgan fingerprint density at radius 3 is 2.31 bits per heavy atom. The van der Waals surface area contributed by atoms with Gasteiger partial charge in [-0.05, 0) is 48.7 Å². The average Bonchev–Trinajstić information content (AvgIpc) is 2.77. The first-order chi connectivity index (χ1) is 15.0. The van der Waals surface area contributed by atoms with Crippen LogP contribution in [0.25, 0.3) is 0 Å². The van der Waals surface area contributed by atoms with Gasteiger partial charge in [-0.25, -0.2) is 8.42 Å². The third-order valence-electron chi connectivity index (χ3n) is 5.21. The van der Waals surface area contributed by atoms with Crippen molar-refractivity contribution in [1.82, 2.24) is 4.31 Å². The van der Waals surface area contributed by atoms with Crippen molar-refractivity contribution >= 4 is 27.6 Å². The Hall–Kier alpha value is -2.30. The van der Waals surface area contributed by atoms with Gasteiger partial charge in [0.2, 0.25) is 10.0 Å². The number of sulfonamides is 1. The summed E-state index contributed by atoms with van der Waals surface area (Å²) in [6.07, 6.45) is -4.36. The zero-order valence-corrected chi connectivity index (χ0v) is 18.6. The first-order valence-corrected chi connectivity index (χ1v) is 11.5. The van der Waals surface area contributed by atoms with E-state index in [4.69, 9.17) is 21.1 Å². The number of esters is 1. The van der Waals surface area contributed by atoms with Gasteiger partial charge in [-0.2, -0.15) is 17.5 Å². The molecule has 3 rings (SSSR count). The Labute approximate surface area is 188 Å². The number of rotatable bonds is 6. The molecule has 1 heterocycles. The van der Waals surface area contributed by atoms with Crippen molar-refractivity contribution in [2.24, 2.45) is 5.92 Å².